The minimum atomic E-state index is 0.738. The molecule has 1 saturated carbocycles. The zero-order valence-corrected chi connectivity index (χ0v) is 8.11. The topological polar surface area (TPSA) is 12.0 Å². The number of hydrogen-bond donors (Lipinski definition) is 1. The largest absolute Gasteiger partial charge is 0.317 e. The van der Waals surface area contributed by atoms with Gasteiger partial charge in [-0.3, -0.25) is 0 Å². The van der Waals surface area contributed by atoms with E-state index in [4.69, 9.17) is 0 Å². The van der Waals surface area contributed by atoms with Crippen LogP contribution in [0.1, 0.15) is 40.0 Å². The third-order valence-corrected chi connectivity index (χ3v) is 3.41. The van der Waals surface area contributed by atoms with Gasteiger partial charge in [-0.15, -0.1) is 0 Å². The predicted octanol–water partition coefficient (Wildman–Crippen LogP) is 2.42. The highest BCUT2D eigenvalue weighted by Gasteiger charge is 2.49. The molecule has 0 spiro atoms. The minimum absolute atomic E-state index is 0.738. The number of hydrogen-bond acceptors (Lipinski definition) is 1. The summed E-state index contributed by atoms with van der Waals surface area (Å²) in [6.45, 7) is 9.21. The van der Waals surface area contributed by atoms with Gasteiger partial charge in [-0.2, -0.15) is 0 Å². The van der Waals surface area contributed by atoms with E-state index in [0.29, 0.717) is 0 Å². The summed E-state index contributed by atoms with van der Waals surface area (Å²) in [5, 5.41) is 3.43. The highest BCUT2D eigenvalue weighted by Crippen LogP contribution is 2.57. The Labute approximate surface area is 70.6 Å². The van der Waals surface area contributed by atoms with Crippen LogP contribution in [0.4, 0.5) is 0 Å². The Kier molecular flexibility index (Phi) is 2.94. The van der Waals surface area contributed by atoms with Gasteiger partial charge in [-0.25, -0.2) is 0 Å². The second kappa shape index (κ2) is 3.57. The first-order valence-corrected chi connectivity index (χ1v) is 4.99. The van der Waals surface area contributed by atoms with Gasteiger partial charge in [0.2, 0.25) is 0 Å². The van der Waals surface area contributed by atoms with Crippen molar-refractivity contribution in [3.63, 3.8) is 0 Å². The molecule has 1 nitrogen and oxygen atoms in total. The molecule has 1 N–H and O–H groups in total. The third-order valence-electron chi connectivity index (χ3n) is 3.41. The normalized spacial score (nSPS) is 27.0. The fraction of sp³-hybridized carbons (Fsp3) is 1.00. The molecule has 0 aromatic carbocycles. The highest BCUT2D eigenvalue weighted by atomic mass is 14.9. The van der Waals surface area contributed by atoms with Gasteiger partial charge < -0.3 is 5.32 Å². The first-order chi connectivity index (χ1) is 5.29. The van der Waals surface area contributed by atoms with Crippen LogP contribution in [-0.2, 0) is 0 Å². The fourth-order valence-corrected chi connectivity index (χ4v) is 2.16. The molecule has 1 rings (SSSR count). The van der Waals surface area contributed by atoms with E-state index in [2.05, 4.69) is 26.1 Å². The lowest BCUT2D eigenvalue weighted by Crippen LogP contribution is -2.18. The summed E-state index contributed by atoms with van der Waals surface area (Å²) < 4.78 is 0. The van der Waals surface area contributed by atoms with Crippen LogP contribution in [0.2, 0.25) is 0 Å². The highest BCUT2D eigenvalue weighted by molar-refractivity contribution is 5.00. The number of nitrogens with one attached hydrogen (secondary N) is 1. The van der Waals surface area contributed by atoms with Gasteiger partial charge in [-0.05, 0) is 30.8 Å². The van der Waals surface area contributed by atoms with Gasteiger partial charge in [0.25, 0.3) is 0 Å². The molecule has 1 aliphatic carbocycles. The standard InChI is InChI=1S/C10H21N/c1-4-10(5-2)7-9(10)8-11-6-3/h9,11H,4-8H2,1-3H3. The lowest BCUT2D eigenvalue weighted by atomic mass is 9.97. The van der Waals surface area contributed by atoms with Crippen LogP contribution in [0.5, 0.6) is 0 Å². The zero-order valence-electron chi connectivity index (χ0n) is 8.11. The van der Waals surface area contributed by atoms with E-state index >= 15 is 0 Å². The Bertz CT molecular complexity index is 116. The minimum Gasteiger partial charge on any atom is -0.317 e. The molecule has 1 atom stereocenters. The molecule has 1 unspecified atom stereocenters. The molecule has 0 bridgehead atoms. The van der Waals surface area contributed by atoms with Crippen molar-refractivity contribution >= 4 is 0 Å². The molecule has 1 heteroatoms. The van der Waals surface area contributed by atoms with E-state index in [0.717, 1.165) is 17.9 Å². The maximum Gasteiger partial charge on any atom is -0.00151 e. The lowest BCUT2D eigenvalue weighted by molar-refractivity contribution is 0.411. The van der Waals surface area contributed by atoms with Crippen LogP contribution in [-0.4, -0.2) is 13.1 Å². The predicted molar refractivity (Wildman–Crippen MR) is 49.7 cm³/mol. The molecule has 0 aliphatic heterocycles. The van der Waals surface area contributed by atoms with Gasteiger partial charge in [-0.1, -0.05) is 33.6 Å². The van der Waals surface area contributed by atoms with Crippen molar-refractivity contribution in [2.75, 3.05) is 13.1 Å². The van der Waals surface area contributed by atoms with Gasteiger partial charge in [0, 0.05) is 0 Å². The summed E-state index contributed by atoms with van der Waals surface area (Å²) in [7, 11) is 0. The van der Waals surface area contributed by atoms with E-state index in [1.54, 1.807) is 0 Å². The van der Waals surface area contributed by atoms with Crippen LogP contribution in [0.15, 0.2) is 0 Å². The molecular formula is C10H21N. The molecule has 0 aromatic heterocycles. The average Bonchev–Trinajstić information content (AvgIpc) is 2.76. The van der Waals surface area contributed by atoms with Crippen LogP contribution in [0, 0.1) is 11.3 Å². The first-order valence-electron chi connectivity index (χ1n) is 4.99. The van der Waals surface area contributed by atoms with Crippen LogP contribution >= 0.6 is 0 Å². The van der Waals surface area contributed by atoms with E-state index in [-0.39, 0.29) is 0 Å². The molecule has 0 saturated heterocycles. The summed E-state index contributed by atoms with van der Waals surface area (Å²) in [6, 6.07) is 0. The maximum atomic E-state index is 3.43. The van der Waals surface area contributed by atoms with Gasteiger partial charge >= 0.3 is 0 Å². The molecule has 66 valence electrons. The molecule has 1 aliphatic rings. The Hall–Kier alpha value is -0.0400. The van der Waals surface area contributed by atoms with Crippen molar-refractivity contribution in [3.8, 4) is 0 Å². The quantitative estimate of drug-likeness (QED) is 0.643. The summed E-state index contributed by atoms with van der Waals surface area (Å²) >= 11 is 0. The van der Waals surface area contributed by atoms with Crippen LogP contribution in [0.3, 0.4) is 0 Å². The third kappa shape index (κ3) is 1.76. The molecule has 0 amide bonds. The Morgan fingerprint density at radius 3 is 2.27 bits per heavy atom. The maximum absolute atomic E-state index is 3.43. The summed E-state index contributed by atoms with van der Waals surface area (Å²) in [5.41, 5.74) is 0.738. The smallest absolute Gasteiger partial charge is 0.00151 e. The van der Waals surface area contributed by atoms with Crippen LogP contribution in [0.25, 0.3) is 0 Å². The average molecular weight is 155 g/mol. The molecule has 0 radical (unpaired) electrons. The number of rotatable bonds is 5. The Balaban J connectivity index is 2.21. The monoisotopic (exact) mass is 155 g/mol. The SMILES string of the molecule is CCNCC1CC1(CC)CC. The Morgan fingerprint density at radius 2 is 1.91 bits per heavy atom. The van der Waals surface area contributed by atoms with Crippen molar-refractivity contribution in [3.05, 3.63) is 0 Å². The summed E-state index contributed by atoms with van der Waals surface area (Å²) in [4.78, 5) is 0. The lowest BCUT2D eigenvalue weighted by Gasteiger charge is -2.11. The Morgan fingerprint density at radius 1 is 1.27 bits per heavy atom. The second-order valence-electron chi connectivity index (χ2n) is 3.78. The fourth-order valence-electron chi connectivity index (χ4n) is 2.16. The van der Waals surface area contributed by atoms with E-state index in [1.165, 1.54) is 25.8 Å². The molecular weight excluding hydrogens is 134 g/mol. The van der Waals surface area contributed by atoms with Crippen molar-refractivity contribution in [1.82, 2.24) is 5.32 Å². The van der Waals surface area contributed by atoms with E-state index in [1.807, 2.05) is 0 Å². The van der Waals surface area contributed by atoms with E-state index in [9.17, 15) is 0 Å². The van der Waals surface area contributed by atoms with Gasteiger partial charge in [0.1, 0.15) is 0 Å². The second-order valence-corrected chi connectivity index (χ2v) is 3.78. The van der Waals surface area contributed by atoms with Crippen molar-refractivity contribution in [2.24, 2.45) is 11.3 Å². The van der Waals surface area contributed by atoms with Crippen molar-refractivity contribution < 1.29 is 0 Å². The van der Waals surface area contributed by atoms with Gasteiger partial charge in [0.05, 0.1) is 0 Å². The summed E-state index contributed by atoms with van der Waals surface area (Å²) in [5.74, 6) is 0.984. The van der Waals surface area contributed by atoms with Crippen molar-refractivity contribution in [1.29, 1.82) is 0 Å². The first kappa shape index (κ1) is 9.05. The van der Waals surface area contributed by atoms with Crippen LogP contribution < -0.4 is 5.32 Å². The molecule has 11 heavy (non-hydrogen) atoms. The molecule has 1 fully saturated rings. The zero-order chi connectivity index (χ0) is 8.32. The summed E-state index contributed by atoms with van der Waals surface area (Å²) in [6.07, 6.45) is 4.21. The van der Waals surface area contributed by atoms with Gasteiger partial charge in [0.15, 0.2) is 0 Å². The van der Waals surface area contributed by atoms with E-state index < -0.39 is 0 Å². The molecule has 0 heterocycles. The van der Waals surface area contributed by atoms with Crippen molar-refractivity contribution in [2.45, 2.75) is 40.0 Å². The molecule has 0 aromatic rings.